The molecule has 33 heavy (non-hydrogen) atoms. The van der Waals surface area contributed by atoms with E-state index in [1.165, 1.54) is 0 Å². The smallest absolute Gasteiger partial charge is 0.251 e. The van der Waals surface area contributed by atoms with Crippen LogP contribution in [-0.4, -0.2) is 30.0 Å². The molecule has 0 unspecified atom stereocenters. The average molecular weight is 448 g/mol. The number of nitrogens with one attached hydrogen (secondary N) is 1. The van der Waals surface area contributed by atoms with Crippen LogP contribution < -0.4 is 15.0 Å². The fraction of sp³-hybridized carbons (Fsp3) is 0.160. The Labute approximate surface area is 189 Å². The van der Waals surface area contributed by atoms with Gasteiger partial charge in [-0.1, -0.05) is 6.07 Å². The van der Waals surface area contributed by atoms with Crippen molar-refractivity contribution in [1.29, 1.82) is 0 Å². The molecule has 1 amide bonds. The summed E-state index contributed by atoms with van der Waals surface area (Å²) in [6, 6.07) is 13.7. The molecule has 2 aromatic carbocycles. The highest BCUT2D eigenvalue weighted by Crippen LogP contribution is 2.33. The van der Waals surface area contributed by atoms with Gasteiger partial charge in [-0.15, -0.1) is 0 Å². The Bertz CT molecular complexity index is 1340. The van der Waals surface area contributed by atoms with Crippen molar-refractivity contribution in [2.45, 2.75) is 13.5 Å². The molecule has 0 saturated carbocycles. The van der Waals surface area contributed by atoms with Gasteiger partial charge in [-0.2, -0.15) is 4.39 Å². The quantitative estimate of drug-likeness (QED) is 0.420. The molecule has 0 bridgehead atoms. The molecule has 0 fully saturated rings. The molecular weight excluding hydrogens is 426 g/mol. The van der Waals surface area contributed by atoms with Gasteiger partial charge in [0.25, 0.3) is 5.91 Å². The minimum Gasteiger partial charge on any atom is -0.456 e. The van der Waals surface area contributed by atoms with Crippen LogP contribution in [0.4, 0.5) is 14.5 Å². The van der Waals surface area contributed by atoms with E-state index < -0.39 is 17.7 Å². The van der Waals surface area contributed by atoms with Crippen molar-refractivity contribution in [3.8, 4) is 11.5 Å². The number of amides is 1. The SMILES string of the molecule is Cc1c(Oc2ccnc3cc(N(C)C)ccc23)cccc1C(=O)NCc1cc(F)ncc1F. The Morgan fingerprint density at radius 2 is 1.88 bits per heavy atom. The first-order valence-electron chi connectivity index (χ1n) is 10.2. The zero-order valence-electron chi connectivity index (χ0n) is 18.4. The summed E-state index contributed by atoms with van der Waals surface area (Å²) in [7, 11) is 3.92. The summed E-state index contributed by atoms with van der Waals surface area (Å²) in [5.74, 6) is -0.806. The Hall–Kier alpha value is -4.07. The molecule has 0 aliphatic rings. The first kappa shape index (κ1) is 22.1. The van der Waals surface area contributed by atoms with Gasteiger partial charge in [-0.3, -0.25) is 9.78 Å². The van der Waals surface area contributed by atoms with Crippen molar-refractivity contribution in [2.75, 3.05) is 19.0 Å². The molecule has 0 saturated heterocycles. The molecule has 0 aliphatic heterocycles. The van der Waals surface area contributed by atoms with Crippen LogP contribution in [0.1, 0.15) is 21.5 Å². The number of pyridine rings is 2. The van der Waals surface area contributed by atoms with Gasteiger partial charge in [-0.05, 0) is 43.3 Å². The van der Waals surface area contributed by atoms with Crippen LogP contribution in [0.25, 0.3) is 10.9 Å². The van der Waals surface area contributed by atoms with Gasteiger partial charge in [-0.25, -0.2) is 9.37 Å². The molecule has 6 nitrogen and oxygen atoms in total. The second-order valence-corrected chi connectivity index (χ2v) is 7.72. The van der Waals surface area contributed by atoms with E-state index in [-0.39, 0.29) is 12.1 Å². The van der Waals surface area contributed by atoms with Crippen molar-refractivity contribution >= 4 is 22.5 Å². The van der Waals surface area contributed by atoms with E-state index in [1.807, 2.05) is 37.2 Å². The Kier molecular flexibility index (Phi) is 6.17. The molecule has 0 spiro atoms. The van der Waals surface area contributed by atoms with E-state index in [0.29, 0.717) is 22.6 Å². The van der Waals surface area contributed by atoms with E-state index >= 15 is 0 Å². The summed E-state index contributed by atoms with van der Waals surface area (Å²) >= 11 is 0. The Morgan fingerprint density at radius 3 is 2.67 bits per heavy atom. The molecule has 2 heterocycles. The van der Waals surface area contributed by atoms with Crippen molar-refractivity contribution in [2.24, 2.45) is 0 Å². The summed E-state index contributed by atoms with van der Waals surface area (Å²) in [6.07, 6.45) is 2.46. The van der Waals surface area contributed by atoms with Crippen molar-refractivity contribution in [3.63, 3.8) is 0 Å². The number of halogens is 2. The van der Waals surface area contributed by atoms with Crippen LogP contribution in [0.3, 0.4) is 0 Å². The van der Waals surface area contributed by atoms with Crippen LogP contribution in [0.15, 0.2) is 60.9 Å². The lowest BCUT2D eigenvalue weighted by Crippen LogP contribution is -2.24. The highest BCUT2D eigenvalue weighted by molar-refractivity contribution is 5.96. The minimum absolute atomic E-state index is 0.0151. The molecule has 1 N–H and O–H groups in total. The topological polar surface area (TPSA) is 67.3 Å². The lowest BCUT2D eigenvalue weighted by molar-refractivity contribution is 0.0949. The van der Waals surface area contributed by atoms with E-state index in [0.717, 1.165) is 28.9 Å². The molecule has 4 rings (SSSR count). The third-order valence-electron chi connectivity index (χ3n) is 5.29. The number of fused-ring (bicyclic) bond motifs is 1. The number of anilines is 1. The van der Waals surface area contributed by atoms with Crippen LogP contribution in [0.5, 0.6) is 11.5 Å². The summed E-state index contributed by atoms with van der Waals surface area (Å²) < 4.78 is 33.2. The van der Waals surface area contributed by atoms with Gasteiger partial charge in [0.05, 0.1) is 11.7 Å². The van der Waals surface area contributed by atoms with Crippen LogP contribution in [0.2, 0.25) is 0 Å². The standard InChI is InChI=1S/C25H22F2N4O2/c1-15-18(25(32)30-13-16-11-24(27)29-14-20(16)26)5-4-6-22(15)33-23-9-10-28-21-12-17(31(2)3)7-8-19(21)23/h4-12,14H,13H2,1-3H3,(H,30,32). The molecule has 168 valence electrons. The first-order chi connectivity index (χ1) is 15.8. The number of benzene rings is 2. The zero-order chi connectivity index (χ0) is 23.5. The maximum Gasteiger partial charge on any atom is 0.251 e. The highest BCUT2D eigenvalue weighted by atomic mass is 19.1. The lowest BCUT2D eigenvalue weighted by atomic mass is 10.1. The van der Waals surface area contributed by atoms with Gasteiger partial charge >= 0.3 is 0 Å². The number of rotatable bonds is 6. The molecule has 4 aromatic rings. The van der Waals surface area contributed by atoms with E-state index in [4.69, 9.17) is 4.74 Å². The molecule has 8 heteroatoms. The summed E-state index contributed by atoms with van der Waals surface area (Å²) in [6.45, 7) is 1.60. The second kappa shape index (κ2) is 9.20. The molecule has 0 atom stereocenters. The maximum absolute atomic E-state index is 13.8. The normalized spacial score (nSPS) is 10.8. The highest BCUT2D eigenvalue weighted by Gasteiger charge is 2.15. The molecule has 2 aromatic heterocycles. The third-order valence-corrected chi connectivity index (χ3v) is 5.29. The van der Waals surface area contributed by atoms with Crippen LogP contribution >= 0.6 is 0 Å². The number of carbonyl (C=O) groups excluding carboxylic acids is 1. The van der Waals surface area contributed by atoms with Gasteiger partial charge < -0.3 is 15.0 Å². The fourth-order valence-electron chi connectivity index (χ4n) is 3.42. The number of ether oxygens (including phenoxy) is 1. The summed E-state index contributed by atoms with van der Waals surface area (Å²) in [5, 5.41) is 3.46. The van der Waals surface area contributed by atoms with E-state index in [2.05, 4.69) is 15.3 Å². The van der Waals surface area contributed by atoms with Crippen molar-refractivity contribution < 1.29 is 18.3 Å². The van der Waals surface area contributed by atoms with Crippen LogP contribution in [0, 0.1) is 18.7 Å². The van der Waals surface area contributed by atoms with Gasteiger partial charge in [0.15, 0.2) is 0 Å². The first-order valence-corrected chi connectivity index (χ1v) is 10.2. The van der Waals surface area contributed by atoms with Crippen LogP contribution in [-0.2, 0) is 6.54 Å². The summed E-state index contributed by atoms with van der Waals surface area (Å²) in [4.78, 5) is 22.4. The van der Waals surface area contributed by atoms with Gasteiger partial charge in [0, 0.05) is 60.7 Å². The van der Waals surface area contributed by atoms with Crippen molar-refractivity contribution in [1.82, 2.24) is 15.3 Å². The minimum atomic E-state index is -0.811. The van der Waals surface area contributed by atoms with E-state index in [1.54, 1.807) is 37.4 Å². The zero-order valence-corrected chi connectivity index (χ0v) is 18.4. The lowest BCUT2D eigenvalue weighted by Gasteiger charge is -2.16. The second-order valence-electron chi connectivity index (χ2n) is 7.72. The molecule has 0 aliphatic carbocycles. The largest absolute Gasteiger partial charge is 0.456 e. The number of nitrogens with zero attached hydrogens (tertiary/aromatic N) is 3. The Balaban J connectivity index is 1.57. The number of aromatic nitrogens is 2. The number of carbonyl (C=O) groups is 1. The molecular formula is C25H22F2N4O2. The fourth-order valence-corrected chi connectivity index (χ4v) is 3.42. The predicted molar refractivity (Wildman–Crippen MR) is 123 cm³/mol. The monoisotopic (exact) mass is 448 g/mol. The molecule has 0 radical (unpaired) electrons. The number of hydrogen-bond donors (Lipinski definition) is 1. The van der Waals surface area contributed by atoms with Gasteiger partial charge in [0.1, 0.15) is 17.3 Å². The third kappa shape index (κ3) is 4.74. The predicted octanol–water partition coefficient (Wildman–Crippen LogP) is 5.00. The number of hydrogen-bond acceptors (Lipinski definition) is 5. The van der Waals surface area contributed by atoms with Gasteiger partial charge in [0.2, 0.25) is 5.95 Å². The average Bonchev–Trinajstić information content (AvgIpc) is 2.80. The van der Waals surface area contributed by atoms with Crippen molar-refractivity contribution in [3.05, 3.63) is 89.4 Å². The maximum atomic E-state index is 13.8. The van der Waals surface area contributed by atoms with E-state index in [9.17, 15) is 13.6 Å². The summed E-state index contributed by atoms with van der Waals surface area (Å²) in [5.41, 5.74) is 2.81. The Morgan fingerprint density at radius 1 is 1.06 bits per heavy atom.